The molecule has 0 unspecified atom stereocenters. The van der Waals surface area contributed by atoms with Crippen LogP contribution in [0.2, 0.25) is 0 Å². The Hall–Kier alpha value is -2.68. The molecule has 3 amide bonds. The average molecular weight is 407 g/mol. The number of unbranched alkanes of at least 4 members (excludes halogenated alkanes) is 2. The summed E-state index contributed by atoms with van der Waals surface area (Å²) in [5, 5.41) is 6.86. The number of nitrogens with zero attached hydrogens (tertiary/aromatic N) is 1. The predicted octanol–water partition coefficient (Wildman–Crippen LogP) is 1.96. The zero-order valence-corrected chi connectivity index (χ0v) is 16.9. The van der Waals surface area contributed by atoms with E-state index in [2.05, 4.69) is 20.8 Å². The molecule has 1 atom stereocenters. The minimum atomic E-state index is -1.10. The molecule has 1 aliphatic rings. The molecule has 0 spiro atoms. The van der Waals surface area contributed by atoms with Crippen molar-refractivity contribution < 1.29 is 19.1 Å². The Morgan fingerprint density at radius 1 is 1.21 bits per heavy atom. The summed E-state index contributed by atoms with van der Waals surface area (Å²) in [6, 6.07) is 8.60. The van der Waals surface area contributed by atoms with Gasteiger partial charge in [0.1, 0.15) is 5.54 Å². The van der Waals surface area contributed by atoms with E-state index in [0.29, 0.717) is 19.4 Å². The zero-order chi connectivity index (χ0) is 20.6. The molecular formula is C19H26N4O4S. The van der Waals surface area contributed by atoms with E-state index < -0.39 is 17.5 Å². The topological polar surface area (TPSA) is 99.8 Å². The molecule has 1 aliphatic heterocycles. The maximum absolute atomic E-state index is 13.0. The van der Waals surface area contributed by atoms with E-state index in [1.807, 2.05) is 37.3 Å². The first-order valence-electron chi connectivity index (χ1n) is 9.28. The van der Waals surface area contributed by atoms with Crippen LogP contribution in [0, 0.1) is 0 Å². The molecule has 9 heteroatoms. The quantitative estimate of drug-likeness (QED) is 0.249. The lowest BCUT2D eigenvalue weighted by atomic mass is 9.87. The third-order valence-corrected chi connectivity index (χ3v) is 4.91. The van der Waals surface area contributed by atoms with Crippen molar-refractivity contribution in [1.82, 2.24) is 21.1 Å². The fraction of sp³-hybridized carbons (Fsp3) is 0.474. The highest BCUT2D eigenvalue weighted by Crippen LogP contribution is 2.31. The molecule has 8 nitrogen and oxygen atoms in total. The number of hydrogen-bond donors (Lipinski definition) is 3. The lowest BCUT2D eigenvalue weighted by molar-refractivity contribution is -0.140. The van der Waals surface area contributed by atoms with E-state index in [0.717, 1.165) is 29.8 Å². The summed E-state index contributed by atoms with van der Waals surface area (Å²) in [7, 11) is 1.37. The van der Waals surface area contributed by atoms with Gasteiger partial charge in [-0.15, -0.1) is 0 Å². The Morgan fingerprint density at radius 3 is 2.57 bits per heavy atom. The summed E-state index contributed by atoms with van der Waals surface area (Å²) in [5.74, 6) is -0.616. The zero-order valence-electron chi connectivity index (χ0n) is 16.1. The van der Waals surface area contributed by atoms with Gasteiger partial charge in [-0.25, -0.2) is 4.79 Å². The number of amides is 3. The lowest BCUT2D eigenvalue weighted by Crippen LogP contribution is -2.51. The molecule has 0 aliphatic carbocycles. The van der Waals surface area contributed by atoms with E-state index in [1.54, 1.807) is 0 Å². The van der Waals surface area contributed by atoms with Gasteiger partial charge in [-0.05, 0) is 37.0 Å². The summed E-state index contributed by atoms with van der Waals surface area (Å²) < 4.78 is 4.59. The number of hydrazine groups is 1. The van der Waals surface area contributed by atoms with E-state index in [-0.39, 0.29) is 11.1 Å². The Kier molecular flexibility index (Phi) is 7.74. The molecule has 1 fully saturated rings. The number of carbonyl (C=O) groups excluding carboxylic acids is 3. The molecule has 152 valence electrons. The van der Waals surface area contributed by atoms with Crippen molar-refractivity contribution in [2.45, 2.75) is 44.6 Å². The highest BCUT2D eigenvalue weighted by molar-refractivity contribution is 7.80. The number of imide groups is 1. The first-order chi connectivity index (χ1) is 13.4. The molecule has 2 rings (SSSR count). The van der Waals surface area contributed by atoms with E-state index in [1.165, 1.54) is 7.11 Å². The minimum Gasteiger partial charge on any atom is -0.469 e. The van der Waals surface area contributed by atoms with Gasteiger partial charge in [0, 0.05) is 13.0 Å². The van der Waals surface area contributed by atoms with Gasteiger partial charge in [-0.2, -0.15) is 5.01 Å². The lowest BCUT2D eigenvalue weighted by Gasteiger charge is -2.25. The SMILES string of the molecule is CC[C@@]1(c2ccccc2)NC(=O)N(NC(=S)NCCCCCC(=O)OC)C1=O. The van der Waals surface area contributed by atoms with E-state index in [4.69, 9.17) is 12.2 Å². The van der Waals surface area contributed by atoms with E-state index in [9.17, 15) is 14.4 Å². The van der Waals surface area contributed by atoms with Crippen molar-refractivity contribution >= 4 is 35.2 Å². The van der Waals surface area contributed by atoms with Crippen LogP contribution >= 0.6 is 12.2 Å². The summed E-state index contributed by atoms with van der Waals surface area (Å²) in [6.07, 6.45) is 3.17. The van der Waals surface area contributed by atoms with Crippen LogP contribution in [0.4, 0.5) is 4.79 Å². The van der Waals surface area contributed by atoms with Gasteiger partial charge in [-0.3, -0.25) is 15.0 Å². The first-order valence-corrected chi connectivity index (χ1v) is 9.69. The molecule has 0 bridgehead atoms. The number of nitrogens with one attached hydrogen (secondary N) is 3. The van der Waals surface area contributed by atoms with Crippen LogP contribution < -0.4 is 16.1 Å². The number of ether oxygens (including phenoxy) is 1. The summed E-state index contributed by atoms with van der Waals surface area (Å²) >= 11 is 5.19. The van der Waals surface area contributed by atoms with Crippen molar-refractivity contribution in [2.75, 3.05) is 13.7 Å². The van der Waals surface area contributed by atoms with Crippen molar-refractivity contribution in [3.05, 3.63) is 35.9 Å². The third-order valence-electron chi connectivity index (χ3n) is 4.67. The number of carbonyl (C=O) groups is 3. The average Bonchev–Trinajstić information content (AvgIpc) is 2.96. The molecule has 0 aromatic heterocycles. The monoisotopic (exact) mass is 406 g/mol. The maximum atomic E-state index is 13.0. The van der Waals surface area contributed by atoms with Gasteiger partial charge in [0.2, 0.25) is 0 Å². The van der Waals surface area contributed by atoms with Crippen LogP contribution in [0.25, 0.3) is 0 Å². The third kappa shape index (κ3) is 4.98. The number of urea groups is 1. The Labute approximate surface area is 170 Å². The fourth-order valence-electron chi connectivity index (χ4n) is 3.05. The number of esters is 1. The molecule has 1 aromatic rings. The molecule has 1 aromatic carbocycles. The van der Waals surface area contributed by atoms with Gasteiger partial charge in [0.15, 0.2) is 5.11 Å². The van der Waals surface area contributed by atoms with Crippen LogP contribution in [-0.2, 0) is 19.9 Å². The van der Waals surface area contributed by atoms with E-state index >= 15 is 0 Å². The van der Waals surface area contributed by atoms with Gasteiger partial charge >= 0.3 is 12.0 Å². The molecule has 28 heavy (non-hydrogen) atoms. The van der Waals surface area contributed by atoms with Crippen LogP contribution in [0.3, 0.4) is 0 Å². The predicted molar refractivity (Wildman–Crippen MR) is 108 cm³/mol. The summed E-state index contributed by atoms with van der Waals surface area (Å²) in [5.41, 5.74) is 2.30. The van der Waals surface area contributed by atoms with Gasteiger partial charge in [0.05, 0.1) is 7.11 Å². The highest BCUT2D eigenvalue weighted by atomic mass is 32.1. The van der Waals surface area contributed by atoms with Crippen molar-refractivity contribution in [2.24, 2.45) is 0 Å². The minimum absolute atomic E-state index is 0.191. The van der Waals surface area contributed by atoms with Crippen molar-refractivity contribution in [3.63, 3.8) is 0 Å². The Balaban J connectivity index is 1.85. The number of rotatable bonds is 9. The van der Waals surface area contributed by atoms with Crippen LogP contribution in [0.15, 0.2) is 30.3 Å². The normalized spacial score (nSPS) is 18.6. The van der Waals surface area contributed by atoms with Crippen LogP contribution in [0.5, 0.6) is 0 Å². The Bertz CT molecular complexity index is 728. The second kappa shape index (κ2) is 10.0. The summed E-state index contributed by atoms with van der Waals surface area (Å²) in [6.45, 7) is 2.41. The molecule has 0 radical (unpaired) electrons. The molecule has 3 N–H and O–H groups in total. The molecule has 1 saturated heterocycles. The highest BCUT2D eigenvalue weighted by Gasteiger charge is 2.51. The van der Waals surface area contributed by atoms with Crippen molar-refractivity contribution in [3.8, 4) is 0 Å². The largest absolute Gasteiger partial charge is 0.469 e. The smallest absolute Gasteiger partial charge is 0.344 e. The first kappa shape index (κ1) is 21.6. The molecular weight excluding hydrogens is 380 g/mol. The Morgan fingerprint density at radius 2 is 1.93 bits per heavy atom. The summed E-state index contributed by atoms with van der Waals surface area (Å²) in [4.78, 5) is 36.4. The second-order valence-corrected chi connectivity index (χ2v) is 6.86. The number of benzene rings is 1. The fourth-order valence-corrected chi connectivity index (χ4v) is 3.25. The standard InChI is InChI=1S/C19H26N4O4S/c1-3-19(14-10-6-4-7-11-14)16(25)23(18(26)21-19)22-17(28)20-13-9-5-8-12-15(24)27-2/h4,6-7,10-11H,3,5,8-9,12-13H2,1-2H3,(H,21,26)(H2,20,22,28)/t19-/m0/s1. The van der Waals surface area contributed by atoms with Crippen LogP contribution in [0.1, 0.15) is 44.6 Å². The second-order valence-electron chi connectivity index (χ2n) is 6.45. The van der Waals surface area contributed by atoms with Gasteiger partial charge in [0.25, 0.3) is 5.91 Å². The molecule has 0 saturated carbocycles. The maximum Gasteiger partial charge on any atom is 0.344 e. The van der Waals surface area contributed by atoms with Crippen molar-refractivity contribution in [1.29, 1.82) is 0 Å². The number of methoxy groups -OCH3 is 1. The number of thiocarbonyl (C=S) groups is 1. The van der Waals surface area contributed by atoms with Crippen LogP contribution in [-0.4, -0.2) is 41.7 Å². The van der Waals surface area contributed by atoms with Gasteiger partial charge < -0.3 is 15.4 Å². The number of hydrogen-bond acceptors (Lipinski definition) is 5. The molecule has 1 heterocycles. The van der Waals surface area contributed by atoms with Gasteiger partial charge in [-0.1, -0.05) is 43.7 Å².